The maximum atomic E-state index is 4.60. The van der Waals surface area contributed by atoms with Crippen molar-refractivity contribution in [1.82, 2.24) is 35.2 Å². The smallest absolute Gasteiger partial charge is 0.191 e. The van der Waals surface area contributed by atoms with Crippen LogP contribution in [0.25, 0.3) is 0 Å². The summed E-state index contributed by atoms with van der Waals surface area (Å²) in [7, 11) is 1.89. The van der Waals surface area contributed by atoms with Gasteiger partial charge in [-0.15, -0.1) is 0 Å². The van der Waals surface area contributed by atoms with Crippen LogP contribution in [0.5, 0.6) is 0 Å². The molecule has 1 aliphatic heterocycles. The van der Waals surface area contributed by atoms with Gasteiger partial charge in [-0.1, -0.05) is 6.92 Å². The quantitative estimate of drug-likeness (QED) is 0.535. The van der Waals surface area contributed by atoms with Gasteiger partial charge in [-0.05, 0) is 20.4 Å². The lowest BCUT2D eigenvalue weighted by Gasteiger charge is -2.37. The van der Waals surface area contributed by atoms with Crippen LogP contribution < -0.4 is 10.6 Å². The van der Waals surface area contributed by atoms with Crippen molar-refractivity contribution in [3.8, 4) is 0 Å². The molecular formula is C16H32N8. The topological polar surface area (TPSA) is 73.6 Å². The second-order valence-corrected chi connectivity index (χ2v) is 6.20. The van der Waals surface area contributed by atoms with Crippen LogP contribution in [-0.2, 0) is 13.6 Å². The number of likely N-dealkylation sites (N-methyl/N-ethyl adjacent to an activating group) is 1. The van der Waals surface area contributed by atoms with Crippen LogP contribution in [0.3, 0.4) is 0 Å². The molecule has 1 fully saturated rings. The minimum Gasteiger partial charge on any atom is -0.357 e. The van der Waals surface area contributed by atoms with Crippen molar-refractivity contribution in [1.29, 1.82) is 0 Å². The summed E-state index contributed by atoms with van der Waals surface area (Å²) < 4.78 is 1.75. The highest BCUT2D eigenvalue weighted by Gasteiger charge is 2.20. The molecule has 0 aromatic carbocycles. The van der Waals surface area contributed by atoms with Crippen LogP contribution >= 0.6 is 0 Å². The molecule has 136 valence electrons. The first-order valence-corrected chi connectivity index (χ1v) is 8.95. The Morgan fingerprint density at radius 1 is 1.25 bits per heavy atom. The predicted molar refractivity (Wildman–Crippen MR) is 97.0 cm³/mol. The van der Waals surface area contributed by atoms with E-state index in [0.29, 0.717) is 12.6 Å². The maximum absolute atomic E-state index is 4.60. The zero-order valence-corrected chi connectivity index (χ0v) is 15.5. The summed E-state index contributed by atoms with van der Waals surface area (Å²) in [5, 5.41) is 10.8. The molecule has 8 heteroatoms. The number of piperazine rings is 1. The molecule has 2 heterocycles. The van der Waals surface area contributed by atoms with Crippen molar-refractivity contribution in [2.24, 2.45) is 12.0 Å². The summed E-state index contributed by atoms with van der Waals surface area (Å²) in [4.78, 5) is 13.9. The molecule has 0 bridgehead atoms. The van der Waals surface area contributed by atoms with E-state index in [0.717, 1.165) is 44.5 Å². The number of guanidine groups is 1. The SMILES string of the molecule is CCNC(=NCc1ncnn1C)NCC(C)N1CCN(CC)CC1. The van der Waals surface area contributed by atoms with E-state index >= 15 is 0 Å². The first-order valence-electron chi connectivity index (χ1n) is 8.95. The van der Waals surface area contributed by atoms with Crippen molar-refractivity contribution in [3.63, 3.8) is 0 Å². The highest BCUT2D eigenvalue weighted by molar-refractivity contribution is 5.79. The van der Waals surface area contributed by atoms with Gasteiger partial charge in [0.05, 0.1) is 0 Å². The Morgan fingerprint density at radius 3 is 2.58 bits per heavy atom. The fourth-order valence-corrected chi connectivity index (χ4v) is 2.85. The molecule has 0 spiro atoms. The van der Waals surface area contributed by atoms with Gasteiger partial charge in [-0.3, -0.25) is 9.58 Å². The number of nitrogens with one attached hydrogen (secondary N) is 2. The molecule has 0 amide bonds. The highest BCUT2D eigenvalue weighted by Crippen LogP contribution is 2.05. The average molecular weight is 336 g/mol. The normalized spacial score (nSPS) is 18.6. The number of aliphatic imine (C=N–C) groups is 1. The second kappa shape index (κ2) is 9.58. The van der Waals surface area contributed by atoms with Gasteiger partial charge in [0, 0.05) is 52.4 Å². The van der Waals surface area contributed by atoms with Crippen LogP contribution in [0, 0.1) is 0 Å². The van der Waals surface area contributed by atoms with Crippen LogP contribution in [0.2, 0.25) is 0 Å². The molecule has 1 aromatic heterocycles. The van der Waals surface area contributed by atoms with E-state index in [4.69, 9.17) is 0 Å². The van der Waals surface area contributed by atoms with E-state index in [-0.39, 0.29) is 0 Å². The van der Waals surface area contributed by atoms with Gasteiger partial charge in [0.15, 0.2) is 5.96 Å². The Hall–Kier alpha value is -1.67. The number of aryl methyl sites for hydroxylation is 1. The van der Waals surface area contributed by atoms with Gasteiger partial charge in [-0.2, -0.15) is 5.10 Å². The second-order valence-electron chi connectivity index (χ2n) is 6.20. The molecule has 24 heavy (non-hydrogen) atoms. The maximum Gasteiger partial charge on any atom is 0.191 e. The molecule has 1 aliphatic rings. The number of rotatable bonds is 7. The van der Waals surface area contributed by atoms with Crippen molar-refractivity contribution in [2.75, 3.05) is 45.8 Å². The monoisotopic (exact) mass is 336 g/mol. The number of hydrogen-bond acceptors (Lipinski definition) is 5. The Kier molecular flexibility index (Phi) is 7.45. The van der Waals surface area contributed by atoms with E-state index in [1.54, 1.807) is 11.0 Å². The van der Waals surface area contributed by atoms with E-state index in [9.17, 15) is 0 Å². The minimum atomic E-state index is 0.489. The summed E-state index contributed by atoms with van der Waals surface area (Å²) in [6, 6.07) is 0.489. The lowest BCUT2D eigenvalue weighted by atomic mass is 10.2. The van der Waals surface area contributed by atoms with Gasteiger partial charge in [0.1, 0.15) is 18.7 Å². The molecule has 8 nitrogen and oxygen atoms in total. The van der Waals surface area contributed by atoms with E-state index in [1.165, 1.54) is 13.1 Å². The molecule has 0 saturated carbocycles. The summed E-state index contributed by atoms with van der Waals surface area (Å²) in [5.41, 5.74) is 0. The van der Waals surface area contributed by atoms with Crippen molar-refractivity contribution in [3.05, 3.63) is 12.2 Å². The number of hydrogen-bond donors (Lipinski definition) is 2. The van der Waals surface area contributed by atoms with Crippen molar-refractivity contribution >= 4 is 5.96 Å². The van der Waals surface area contributed by atoms with Crippen LogP contribution in [0.1, 0.15) is 26.6 Å². The Labute approximate surface area is 145 Å². The largest absolute Gasteiger partial charge is 0.357 e. The van der Waals surface area contributed by atoms with E-state index < -0.39 is 0 Å². The van der Waals surface area contributed by atoms with Crippen molar-refractivity contribution in [2.45, 2.75) is 33.4 Å². The first-order chi connectivity index (χ1) is 11.6. The minimum absolute atomic E-state index is 0.489. The van der Waals surface area contributed by atoms with Gasteiger partial charge < -0.3 is 15.5 Å². The van der Waals surface area contributed by atoms with Gasteiger partial charge >= 0.3 is 0 Å². The lowest BCUT2D eigenvalue weighted by molar-refractivity contribution is 0.107. The fourth-order valence-electron chi connectivity index (χ4n) is 2.85. The van der Waals surface area contributed by atoms with E-state index in [1.807, 2.05) is 7.05 Å². The summed E-state index contributed by atoms with van der Waals surface area (Å²) in [6.45, 7) is 14.6. The third-order valence-corrected chi connectivity index (χ3v) is 4.57. The molecule has 2 rings (SSSR count). The molecule has 0 aliphatic carbocycles. The first kappa shape index (κ1) is 18.7. The number of aromatic nitrogens is 3. The fraction of sp³-hybridized carbons (Fsp3) is 0.812. The molecule has 1 aromatic rings. The third-order valence-electron chi connectivity index (χ3n) is 4.57. The Morgan fingerprint density at radius 2 is 2.00 bits per heavy atom. The van der Waals surface area contributed by atoms with Gasteiger partial charge in [0.25, 0.3) is 0 Å². The van der Waals surface area contributed by atoms with Gasteiger partial charge in [-0.25, -0.2) is 9.98 Å². The average Bonchev–Trinajstić information content (AvgIpc) is 3.02. The standard InChI is InChI=1S/C16H32N8/c1-5-17-16(19-12-15-20-13-21-22(15)4)18-11-14(3)24-9-7-23(6-2)8-10-24/h13-14H,5-12H2,1-4H3,(H2,17,18,19). The molecule has 0 radical (unpaired) electrons. The van der Waals surface area contributed by atoms with Crippen molar-refractivity contribution < 1.29 is 0 Å². The van der Waals surface area contributed by atoms with Crippen LogP contribution in [-0.4, -0.2) is 82.4 Å². The molecule has 1 atom stereocenters. The Balaban J connectivity index is 1.81. The zero-order valence-electron chi connectivity index (χ0n) is 15.5. The summed E-state index contributed by atoms with van der Waals surface area (Å²) >= 11 is 0. The summed E-state index contributed by atoms with van der Waals surface area (Å²) in [6.07, 6.45) is 1.56. The zero-order chi connectivity index (χ0) is 17.4. The molecule has 2 N–H and O–H groups in total. The summed E-state index contributed by atoms with van der Waals surface area (Å²) in [5.74, 6) is 1.69. The highest BCUT2D eigenvalue weighted by atomic mass is 15.3. The molecular weight excluding hydrogens is 304 g/mol. The Bertz CT molecular complexity index is 504. The van der Waals surface area contributed by atoms with E-state index in [2.05, 4.69) is 56.3 Å². The van der Waals surface area contributed by atoms with Gasteiger partial charge in [0.2, 0.25) is 0 Å². The lowest BCUT2D eigenvalue weighted by Crippen LogP contribution is -2.53. The predicted octanol–water partition coefficient (Wildman–Crippen LogP) is -0.104. The third kappa shape index (κ3) is 5.45. The molecule has 1 unspecified atom stereocenters. The number of nitrogens with zero attached hydrogens (tertiary/aromatic N) is 6. The molecule has 1 saturated heterocycles. The van der Waals surface area contributed by atoms with Crippen LogP contribution in [0.4, 0.5) is 0 Å². The van der Waals surface area contributed by atoms with Crippen LogP contribution in [0.15, 0.2) is 11.3 Å².